The van der Waals surface area contributed by atoms with Crippen LogP contribution in [0.3, 0.4) is 0 Å². The maximum Gasteiger partial charge on any atom is 0.355 e. The van der Waals surface area contributed by atoms with E-state index >= 15 is 0 Å². The molecular weight excluding hydrogens is 362 g/mol. The summed E-state index contributed by atoms with van der Waals surface area (Å²) in [5, 5.41) is 15.7. The van der Waals surface area contributed by atoms with Gasteiger partial charge in [0, 0.05) is 22.3 Å². The van der Waals surface area contributed by atoms with Crippen molar-refractivity contribution in [3.63, 3.8) is 0 Å². The number of ether oxygens (including phenoxy) is 1. The van der Waals surface area contributed by atoms with E-state index in [-0.39, 0.29) is 6.61 Å². The lowest BCUT2D eigenvalue weighted by molar-refractivity contribution is 0.0461. The summed E-state index contributed by atoms with van der Waals surface area (Å²) < 4.78 is 5.39. The number of nitrogens with zero attached hydrogens (tertiary/aromatic N) is 1. The standard InChI is InChI=1S/C20H23N3O3S/c1-11-5-7-15(8-6-11)22-20-23-16(10-27-20)9-26-19(25)18-12(2)17(14(4)24)13(3)21-18/h5-8,10,14,21,24H,9H2,1-4H3,(H,22,23)/t14-/m0/s1. The second-order valence-electron chi connectivity index (χ2n) is 6.55. The van der Waals surface area contributed by atoms with Crippen LogP contribution in [0.25, 0.3) is 0 Å². The van der Waals surface area contributed by atoms with E-state index in [9.17, 15) is 9.90 Å². The van der Waals surface area contributed by atoms with Gasteiger partial charge in [-0.25, -0.2) is 9.78 Å². The molecule has 0 amide bonds. The second kappa shape index (κ2) is 7.94. The number of aryl methyl sites for hydroxylation is 2. The molecule has 1 atom stereocenters. The van der Waals surface area contributed by atoms with Crippen molar-refractivity contribution in [3.8, 4) is 0 Å². The maximum absolute atomic E-state index is 12.4. The molecule has 0 bridgehead atoms. The molecular formula is C20H23N3O3S. The Balaban J connectivity index is 1.62. The fourth-order valence-electron chi connectivity index (χ4n) is 3.00. The zero-order valence-corrected chi connectivity index (χ0v) is 16.6. The van der Waals surface area contributed by atoms with Gasteiger partial charge in [-0.2, -0.15) is 0 Å². The molecule has 1 aromatic carbocycles. The minimum atomic E-state index is -0.642. The largest absolute Gasteiger partial charge is 0.454 e. The normalized spacial score (nSPS) is 12.0. The van der Waals surface area contributed by atoms with Crippen LogP contribution < -0.4 is 5.32 Å². The lowest BCUT2D eigenvalue weighted by Crippen LogP contribution is -2.08. The molecule has 0 unspecified atom stereocenters. The summed E-state index contributed by atoms with van der Waals surface area (Å²) in [6.45, 7) is 7.43. The molecule has 27 heavy (non-hydrogen) atoms. The number of carbonyl (C=O) groups excluding carboxylic acids is 1. The maximum atomic E-state index is 12.4. The molecule has 142 valence electrons. The van der Waals surface area contributed by atoms with E-state index < -0.39 is 12.1 Å². The van der Waals surface area contributed by atoms with Gasteiger partial charge in [0.25, 0.3) is 0 Å². The van der Waals surface area contributed by atoms with Crippen LogP contribution in [-0.2, 0) is 11.3 Å². The zero-order chi connectivity index (χ0) is 19.6. The van der Waals surface area contributed by atoms with Gasteiger partial charge in [0.05, 0.1) is 11.8 Å². The number of thiazole rings is 1. The number of hydrogen-bond acceptors (Lipinski definition) is 6. The molecule has 0 fully saturated rings. The van der Waals surface area contributed by atoms with Crippen LogP contribution in [0.4, 0.5) is 10.8 Å². The van der Waals surface area contributed by atoms with Crippen molar-refractivity contribution < 1.29 is 14.6 Å². The molecule has 3 rings (SSSR count). The minimum Gasteiger partial charge on any atom is -0.454 e. The van der Waals surface area contributed by atoms with Crippen LogP contribution in [0.5, 0.6) is 0 Å². The third kappa shape index (κ3) is 4.37. The number of rotatable bonds is 6. The lowest BCUT2D eigenvalue weighted by atomic mass is 10.1. The van der Waals surface area contributed by atoms with E-state index in [0.717, 1.165) is 22.1 Å². The number of carbonyl (C=O) groups is 1. The van der Waals surface area contributed by atoms with Crippen LogP contribution in [0.15, 0.2) is 29.6 Å². The van der Waals surface area contributed by atoms with Gasteiger partial charge in [-0.3, -0.25) is 0 Å². The molecule has 3 aromatic rings. The van der Waals surface area contributed by atoms with Crippen LogP contribution in [0.2, 0.25) is 0 Å². The zero-order valence-electron chi connectivity index (χ0n) is 15.8. The average molecular weight is 385 g/mol. The Kier molecular flexibility index (Phi) is 5.62. The fourth-order valence-corrected chi connectivity index (χ4v) is 3.71. The molecule has 6 nitrogen and oxygen atoms in total. The number of hydrogen-bond donors (Lipinski definition) is 3. The molecule has 3 N–H and O–H groups in total. The summed E-state index contributed by atoms with van der Waals surface area (Å²) in [6, 6.07) is 8.04. The van der Waals surface area contributed by atoms with Gasteiger partial charge in [0.15, 0.2) is 5.13 Å². The van der Waals surface area contributed by atoms with Gasteiger partial charge in [0.1, 0.15) is 12.3 Å². The molecule has 0 spiro atoms. The number of benzene rings is 1. The van der Waals surface area contributed by atoms with E-state index in [0.29, 0.717) is 17.0 Å². The van der Waals surface area contributed by atoms with Crippen molar-refractivity contribution in [2.45, 2.75) is 40.4 Å². The number of aliphatic hydroxyl groups is 1. The molecule has 0 radical (unpaired) electrons. The Morgan fingerprint density at radius 3 is 2.63 bits per heavy atom. The Bertz CT molecular complexity index is 942. The Hall–Kier alpha value is -2.64. The summed E-state index contributed by atoms with van der Waals surface area (Å²) in [4.78, 5) is 19.8. The summed E-state index contributed by atoms with van der Waals surface area (Å²) in [5.41, 5.74) is 5.43. The van der Waals surface area contributed by atoms with Crippen LogP contribution in [-0.4, -0.2) is 21.0 Å². The van der Waals surface area contributed by atoms with Crippen LogP contribution >= 0.6 is 11.3 Å². The van der Waals surface area contributed by atoms with E-state index in [1.165, 1.54) is 16.9 Å². The fraction of sp³-hybridized carbons (Fsp3) is 0.300. The van der Waals surface area contributed by atoms with Gasteiger partial charge in [-0.1, -0.05) is 17.7 Å². The van der Waals surface area contributed by atoms with Gasteiger partial charge in [-0.05, 0) is 45.4 Å². The first-order valence-corrected chi connectivity index (χ1v) is 9.55. The van der Waals surface area contributed by atoms with Gasteiger partial charge >= 0.3 is 5.97 Å². The number of aromatic amines is 1. The van der Waals surface area contributed by atoms with Crippen LogP contribution in [0.1, 0.15) is 51.6 Å². The topological polar surface area (TPSA) is 87.2 Å². The third-order valence-corrected chi connectivity index (χ3v) is 5.13. The molecule has 2 aromatic heterocycles. The van der Waals surface area contributed by atoms with Crippen molar-refractivity contribution in [2.75, 3.05) is 5.32 Å². The summed E-state index contributed by atoms with van der Waals surface area (Å²) >= 11 is 1.46. The highest BCUT2D eigenvalue weighted by molar-refractivity contribution is 7.13. The summed E-state index contributed by atoms with van der Waals surface area (Å²) in [6.07, 6.45) is -0.642. The summed E-state index contributed by atoms with van der Waals surface area (Å²) in [7, 11) is 0. The van der Waals surface area contributed by atoms with Gasteiger partial charge in [-0.15, -0.1) is 11.3 Å². The molecule has 2 heterocycles. The SMILES string of the molecule is Cc1ccc(Nc2nc(COC(=O)c3[nH]c(C)c([C@H](C)O)c3C)cs2)cc1. The quantitative estimate of drug-likeness (QED) is 0.542. The second-order valence-corrected chi connectivity index (χ2v) is 7.41. The number of anilines is 2. The number of nitrogens with one attached hydrogen (secondary N) is 2. The Morgan fingerprint density at radius 1 is 1.30 bits per heavy atom. The molecule has 0 aliphatic heterocycles. The highest BCUT2D eigenvalue weighted by Gasteiger charge is 2.21. The monoisotopic (exact) mass is 385 g/mol. The van der Waals surface area contributed by atoms with E-state index in [1.807, 2.05) is 43.5 Å². The van der Waals surface area contributed by atoms with E-state index in [2.05, 4.69) is 15.3 Å². The minimum absolute atomic E-state index is 0.0897. The highest BCUT2D eigenvalue weighted by atomic mass is 32.1. The van der Waals surface area contributed by atoms with Crippen molar-refractivity contribution in [1.29, 1.82) is 0 Å². The van der Waals surface area contributed by atoms with Crippen molar-refractivity contribution in [2.24, 2.45) is 0 Å². The first-order valence-electron chi connectivity index (χ1n) is 8.67. The van der Waals surface area contributed by atoms with Gasteiger partial charge in [0.2, 0.25) is 0 Å². The molecule has 0 saturated heterocycles. The predicted molar refractivity (Wildman–Crippen MR) is 107 cm³/mol. The number of aliphatic hydroxyl groups excluding tert-OH is 1. The predicted octanol–water partition coefficient (Wildman–Crippen LogP) is 4.55. The molecule has 0 aliphatic carbocycles. The molecule has 0 aliphatic rings. The third-order valence-electron chi connectivity index (χ3n) is 4.32. The molecule has 7 heteroatoms. The van der Waals surface area contributed by atoms with E-state index in [1.54, 1.807) is 13.8 Å². The van der Waals surface area contributed by atoms with Crippen molar-refractivity contribution >= 4 is 28.1 Å². The Labute approximate surface area is 162 Å². The number of H-pyrrole nitrogens is 1. The lowest BCUT2D eigenvalue weighted by Gasteiger charge is -2.05. The Morgan fingerprint density at radius 2 is 2.00 bits per heavy atom. The molecule has 0 saturated carbocycles. The average Bonchev–Trinajstić information content (AvgIpc) is 3.18. The first kappa shape index (κ1) is 19.1. The number of aromatic nitrogens is 2. The first-order chi connectivity index (χ1) is 12.8. The van der Waals surface area contributed by atoms with Crippen molar-refractivity contribution in [1.82, 2.24) is 9.97 Å². The van der Waals surface area contributed by atoms with Gasteiger partial charge < -0.3 is 20.1 Å². The summed E-state index contributed by atoms with van der Waals surface area (Å²) in [5.74, 6) is -0.455. The van der Waals surface area contributed by atoms with Crippen molar-refractivity contribution in [3.05, 3.63) is 63.4 Å². The smallest absolute Gasteiger partial charge is 0.355 e. The van der Waals surface area contributed by atoms with Crippen LogP contribution in [0, 0.1) is 20.8 Å². The number of esters is 1. The van der Waals surface area contributed by atoms with E-state index in [4.69, 9.17) is 4.74 Å². The highest BCUT2D eigenvalue weighted by Crippen LogP contribution is 2.25.